The summed E-state index contributed by atoms with van der Waals surface area (Å²) in [4.78, 5) is 33.7. The number of phosphoric acid groups is 1. The van der Waals surface area contributed by atoms with Gasteiger partial charge in [-0.15, -0.1) is 6.58 Å². The van der Waals surface area contributed by atoms with Gasteiger partial charge >= 0.3 is 19.8 Å². The predicted molar refractivity (Wildman–Crippen MR) is 123 cm³/mol. The molecule has 0 aromatic rings. The summed E-state index contributed by atoms with van der Waals surface area (Å²) in [5.41, 5.74) is 5.25. The van der Waals surface area contributed by atoms with E-state index in [1.807, 2.05) is 6.08 Å². The third-order valence-corrected chi connectivity index (χ3v) is 5.53. The van der Waals surface area contributed by atoms with Crippen molar-refractivity contribution in [1.29, 1.82) is 0 Å². The first-order valence-electron chi connectivity index (χ1n) is 11.6. The van der Waals surface area contributed by atoms with Gasteiger partial charge in [0.2, 0.25) is 0 Å². The maximum Gasteiger partial charge on any atom is 0.472 e. The van der Waals surface area contributed by atoms with E-state index in [1.165, 1.54) is 0 Å². The zero-order valence-corrected chi connectivity index (χ0v) is 20.4. The van der Waals surface area contributed by atoms with E-state index in [-0.39, 0.29) is 32.6 Å². The highest BCUT2D eigenvalue weighted by molar-refractivity contribution is 7.47. The Morgan fingerprint density at radius 1 is 0.969 bits per heavy atom. The van der Waals surface area contributed by atoms with Crippen molar-refractivity contribution in [3.05, 3.63) is 12.7 Å². The summed E-state index contributed by atoms with van der Waals surface area (Å²) < 4.78 is 31.9. The number of phosphoric ester groups is 1. The number of carbonyl (C=O) groups is 2. The van der Waals surface area contributed by atoms with Crippen LogP contribution in [-0.4, -0.2) is 49.3 Å². The summed E-state index contributed by atoms with van der Waals surface area (Å²) in [6, 6.07) is 0. The van der Waals surface area contributed by atoms with Crippen molar-refractivity contribution in [2.75, 3.05) is 26.4 Å². The van der Waals surface area contributed by atoms with E-state index < -0.39 is 32.5 Å². The third-order valence-electron chi connectivity index (χ3n) is 4.55. The first-order valence-corrected chi connectivity index (χ1v) is 13.1. The largest absolute Gasteiger partial charge is 0.472 e. The van der Waals surface area contributed by atoms with Crippen LogP contribution in [0.5, 0.6) is 0 Å². The summed E-state index contributed by atoms with van der Waals surface area (Å²) in [6.45, 7) is 4.98. The van der Waals surface area contributed by atoms with Gasteiger partial charge in [-0.3, -0.25) is 18.6 Å². The lowest BCUT2D eigenvalue weighted by atomic mass is 10.1. The monoisotopic (exact) mass is 479 g/mol. The molecule has 0 radical (unpaired) electrons. The van der Waals surface area contributed by atoms with Crippen LogP contribution in [0.4, 0.5) is 0 Å². The minimum absolute atomic E-state index is 0.0511. The van der Waals surface area contributed by atoms with Crippen LogP contribution in [0.25, 0.3) is 0 Å². The minimum atomic E-state index is -4.34. The van der Waals surface area contributed by atoms with Crippen LogP contribution < -0.4 is 5.73 Å². The summed E-state index contributed by atoms with van der Waals surface area (Å²) in [5, 5.41) is 0. The maximum absolute atomic E-state index is 12.2. The van der Waals surface area contributed by atoms with E-state index in [2.05, 4.69) is 18.0 Å². The number of rotatable bonds is 22. The summed E-state index contributed by atoms with van der Waals surface area (Å²) in [6.07, 6.45) is 10.9. The molecule has 0 aliphatic rings. The fraction of sp³-hybridized carbons (Fsp3) is 0.818. The van der Waals surface area contributed by atoms with Gasteiger partial charge in [0.1, 0.15) is 6.61 Å². The molecule has 32 heavy (non-hydrogen) atoms. The number of hydrogen-bond acceptors (Lipinski definition) is 8. The quantitative estimate of drug-likeness (QED) is 0.100. The zero-order valence-electron chi connectivity index (χ0n) is 19.5. The lowest BCUT2D eigenvalue weighted by Gasteiger charge is -2.19. The van der Waals surface area contributed by atoms with E-state index in [1.54, 1.807) is 0 Å². The number of carbonyl (C=O) groups excluding carboxylic acids is 2. The van der Waals surface area contributed by atoms with Crippen LogP contribution in [-0.2, 0) is 32.7 Å². The summed E-state index contributed by atoms with van der Waals surface area (Å²) in [5.74, 6) is -0.882. The van der Waals surface area contributed by atoms with Gasteiger partial charge in [0.05, 0.1) is 13.2 Å². The van der Waals surface area contributed by atoms with Gasteiger partial charge in [-0.25, -0.2) is 4.57 Å². The van der Waals surface area contributed by atoms with Crippen LogP contribution in [0, 0.1) is 0 Å². The van der Waals surface area contributed by atoms with Crippen LogP contribution in [0.3, 0.4) is 0 Å². The van der Waals surface area contributed by atoms with E-state index in [0.717, 1.165) is 57.8 Å². The van der Waals surface area contributed by atoms with Crippen LogP contribution in [0.2, 0.25) is 0 Å². The first kappa shape index (κ1) is 30.8. The van der Waals surface area contributed by atoms with Crippen LogP contribution in [0.1, 0.15) is 84.0 Å². The molecule has 3 N–H and O–H groups in total. The molecule has 0 bridgehead atoms. The van der Waals surface area contributed by atoms with E-state index in [4.69, 9.17) is 19.7 Å². The summed E-state index contributed by atoms with van der Waals surface area (Å²) >= 11 is 0. The van der Waals surface area contributed by atoms with Gasteiger partial charge in [0.25, 0.3) is 0 Å². The number of nitrogens with two attached hydrogens (primary N) is 1. The predicted octanol–water partition coefficient (Wildman–Crippen LogP) is 4.42. The van der Waals surface area contributed by atoms with E-state index in [9.17, 15) is 19.0 Å². The molecule has 2 atom stereocenters. The van der Waals surface area contributed by atoms with Gasteiger partial charge in [0, 0.05) is 19.4 Å². The van der Waals surface area contributed by atoms with Crippen molar-refractivity contribution in [3.8, 4) is 0 Å². The summed E-state index contributed by atoms with van der Waals surface area (Å²) in [7, 11) is -4.34. The fourth-order valence-corrected chi connectivity index (χ4v) is 3.55. The van der Waals surface area contributed by atoms with Gasteiger partial charge in [0.15, 0.2) is 6.10 Å². The lowest BCUT2D eigenvalue weighted by Crippen LogP contribution is -2.29. The van der Waals surface area contributed by atoms with Crippen LogP contribution in [0.15, 0.2) is 12.7 Å². The molecular formula is C22H42NO8P. The molecule has 188 valence electrons. The molecule has 0 amide bonds. The number of ether oxygens (including phenoxy) is 2. The number of esters is 2. The molecule has 0 fully saturated rings. The second kappa shape index (κ2) is 20.4. The van der Waals surface area contributed by atoms with Gasteiger partial charge in [-0.2, -0.15) is 0 Å². The molecule has 10 heteroatoms. The molecule has 0 aliphatic carbocycles. The molecule has 1 unspecified atom stereocenters. The smallest absolute Gasteiger partial charge is 0.462 e. The Hall–Kier alpha value is -1.25. The lowest BCUT2D eigenvalue weighted by molar-refractivity contribution is -0.161. The highest BCUT2D eigenvalue weighted by atomic mass is 31.2. The Balaban J connectivity index is 4.47. The zero-order chi connectivity index (χ0) is 24.1. The highest BCUT2D eigenvalue weighted by Gasteiger charge is 2.25. The Morgan fingerprint density at radius 2 is 1.59 bits per heavy atom. The Kier molecular flexibility index (Phi) is 19.6. The third kappa shape index (κ3) is 19.4. The van der Waals surface area contributed by atoms with Gasteiger partial charge < -0.3 is 20.1 Å². The van der Waals surface area contributed by atoms with Crippen molar-refractivity contribution in [2.24, 2.45) is 5.73 Å². The molecular weight excluding hydrogens is 437 g/mol. The molecule has 9 nitrogen and oxygen atoms in total. The SMILES string of the molecule is C=CCCCCCCCC(=O)O[C@H](COC(=O)CCCCCC)COP(=O)(O)OCCN. The Morgan fingerprint density at radius 3 is 2.25 bits per heavy atom. The van der Waals surface area contributed by atoms with E-state index >= 15 is 0 Å². The topological polar surface area (TPSA) is 134 Å². The molecule has 0 aromatic heterocycles. The van der Waals surface area contributed by atoms with Gasteiger partial charge in [-0.05, 0) is 25.7 Å². The average Bonchev–Trinajstić information content (AvgIpc) is 2.76. The maximum atomic E-state index is 12.2. The van der Waals surface area contributed by atoms with Crippen molar-refractivity contribution < 1.29 is 37.6 Å². The molecule has 0 saturated heterocycles. The molecule has 0 aliphatic heterocycles. The fourth-order valence-electron chi connectivity index (χ4n) is 2.79. The highest BCUT2D eigenvalue weighted by Crippen LogP contribution is 2.43. The number of unbranched alkanes of at least 4 members (excludes halogenated alkanes) is 8. The van der Waals surface area contributed by atoms with Gasteiger partial charge in [-0.1, -0.05) is 51.5 Å². The molecule has 0 rings (SSSR count). The standard InChI is InChI=1S/C22H42NO8P/c1-3-5-7-9-10-11-13-15-22(25)31-20(19-30-32(26,27)29-17-16-23)18-28-21(24)14-12-8-6-4-2/h3,20H,1,4-19,23H2,2H3,(H,26,27)/t20-/m1/s1. The Labute approximate surface area is 192 Å². The Bertz CT molecular complexity index is 558. The van der Waals surface area contributed by atoms with E-state index in [0.29, 0.717) is 6.42 Å². The van der Waals surface area contributed by atoms with Crippen LogP contribution >= 0.6 is 7.82 Å². The average molecular weight is 480 g/mol. The van der Waals surface area contributed by atoms with Crippen molar-refractivity contribution in [3.63, 3.8) is 0 Å². The second-order valence-corrected chi connectivity index (χ2v) is 9.04. The second-order valence-electron chi connectivity index (χ2n) is 7.59. The minimum Gasteiger partial charge on any atom is -0.462 e. The molecule has 0 spiro atoms. The van der Waals surface area contributed by atoms with Crippen molar-refractivity contribution >= 4 is 19.8 Å². The van der Waals surface area contributed by atoms with Crippen molar-refractivity contribution in [2.45, 2.75) is 90.1 Å². The number of allylic oxidation sites excluding steroid dienone is 1. The number of hydrogen-bond donors (Lipinski definition) is 2. The molecule has 0 saturated carbocycles. The van der Waals surface area contributed by atoms with Crippen molar-refractivity contribution in [1.82, 2.24) is 0 Å². The molecule has 0 aromatic carbocycles. The normalized spacial score (nSPS) is 13.8. The molecule has 0 heterocycles. The first-order chi connectivity index (χ1) is 15.3.